The number of piperazine rings is 1. The van der Waals surface area contributed by atoms with Gasteiger partial charge in [0.1, 0.15) is 23.5 Å². The Morgan fingerprint density at radius 1 is 1.02 bits per heavy atom. The number of ether oxygens (including phenoxy) is 1. The fourth-order valence-electron chi connectivity index (χ4n) is 5.43. The number of halogens is 1. The Labute approximate surface area is 249 Å². The lowest BCUT2D eigenvalue weighted by Gasteiger charge is -2.35. The normalized spacial score (nSPS) is 21.2. The number of rotatable bonds is 9. The standard InChI is InChI=1S/C31H48FN5O5/c1-7-26(38)33-25(29(40)37-16-14-36(6)15-17-37)19-21-10-13-24(23(32)18-21)34-28(39)27(22-11-8-20(2)9-12-22)35-30(41)42-31(3,4)5/h10,13,18,20,22,25,27H,7-9,11-12,14-17,19H2,1-6H3,(H,33,38)(H,34,39)(H,35,41)/t20?,22?,25-,27+/m1/s1. The van der Waals surface area contributed by atoms with Gasteiger partial charge in [-0.1, -0.05) is 32.8 Å². The smallest absolute Gasteiger partial charge is 0.408 e. The van der Waals surface area contributed by atoms with E-state index >= 15 is 4.39 Å². The highest BCUT2D eigenvalue weighted by Crippen LogP contribution is 2.31. The molecule has 11 heteroatoms. The fraction of sp³-hybridized carbons (Fsp3) is 0.677. The molecule has 1 aliphatic heterocycles. The molecule has 0 aromatic heterocycles. The molecule has 10 nitrogen and oxygen atoms in total. The summed E-state index contributed by atoms with van der Waals surface area (Å²) in [4.78, 5) is 55.3. The monoisotopic (exact) mass is 589 g/mol. The molecule has 0 radical (unpaired) electrons. The number of carbonyl (C=O) groups excluding carboxylic acids is 4. The van der Waals surface area contributed by atoms with E-state index in [1.165, 1.54) is 12.1 Å². The van der Waals surface area contributed by atoms with Gasteiger partial charge in [-0.2, -0.15) is 0 Å². The summed E-state index contributed by atoms with van der Waals surface area (Å²) in [6.07, 6.45) is 3.06. The van der Waals surface area contributed by atoms with Crippen LogP contribution in [0.4, 0.5) is 14.9 Å². The summed E-state index contributed by atoms with van der Waals surface area (Å²) in [7, 11) is 1.99. The highest BCUT2D eigenvalue weighted by molar-refractivity contribution is 5.97. The van der Waals surface area contributed by atoms with E-state index in [2.05, 4.69) is 27.8 Å². The molecule has 1 saturated heterocycles. The highest BCUT2D eigenvalue weighted by Gasteiger charge is 2.34. The summed E-state index contributed by atoms with van der Waals surface area (Å²) in [5.41, 5.74) is -0.239. The van der Waals surface area contributed by atoms with Gasteiger partial charge in [0.2, 0.25) is 17.7 Å². The first-order valence-electron chi connectivity index (χ1n) is 15.1. The first-order chi connectivity index (χ1) is 19.8. The Bertz CT molecular complexity index is 1110. The first-order valence-corrected chi connectivity index (χ1v) is 15.1. The van der Waals surface area contributed by atoms with Crippen LogP contribution in [0.15, 0.2) is 18.2 Å². The quantitative estimate of drug-likeness (QED) is 0.404. The van der Waals surface area contributed by atoms with Crippen molar-refractivity contribution >= 4 is 29.5 Å². The summed E-state index contributed by atoms with van der Waals surface area (Å²) in [6.45, 7) is 11.7. The van der Waals surface area contributed by atoms with Gasteiger partial charge in [-0.05, 0) is 70.2 Å². The second-order valence-corrected chi connectivity index (χ2v) is 12.8. The van der Waals surface area contributed by atoms with E-state index in [0.29, 0.717) is 24.6 Å². The molecule has 1 heterocycles. The molecule has 2 atom stereocenters. The largest absolute Gasteiger partial charge is 0.444 e. The Morgan fingerprint density at radius 2 is 1.67 bits per heavy atom. The second kappa shape index (κ2) is 14.8. The van der Waals surface area contributed by atoms with Gasteiger partial charge < -0.3 is 30.5 Å². The molecule has 1 aromatic rings. The highest BCUT2D eigenvalue weighted by atomic mass is 19.1. The number of carbonyl (C=O) groups is 4. The van der Waals surface area contributed by atoms with Crippen molar-refractivity contribution in [2.45, 2.75) is 90.8 Å². The third-order valence-corrected chi connectivity index (χ3v) is 7.99. The molecule has 1 saturated carbocycles. The number of hydrogen-bond acceptors (Lipinski definition) is 6. The molecule has 1 aliphatic carbocycles. The van der Waals surface area contributed by atoms with Crippen molar-refractivity contribution in [2.24, 2.45) is 11.8 Å². The van der Waals surface area contributed by atoms with Crippen molar-refractivity contribution in [2.75, 3.05) is 38.5 Å². The summed E-state index contributed by atoms with van der Waals surface area (Å²) < 4.78 is 20.7. The average molecular weight is 590 g/mol. The van der Waals surface area contributed by atoms with Gasteiger partial charge in [-0.3, -0.25) is 14.4 Å². The predicted molar refractivity (Wildman–Crippen MR) is 159 cm³/mol. The van der Waals surface area contributed by atoms with E-state index < -0.39 is 35.5 Å². The van der Waals surface area contributed by atoms with Crippen LogP contribution in [0.2, 0.25) is 0 Å². The zero-order chi connectivity index (χ0) is 31.0. The minimum Gasteiger partial charge on any atom is -0.444 e. The maximum absolute atomic E-state index is 15.3. The van der Waals surface area contributed by atoms with Gasteiger partial charge in [-0.15, -0.1) is 0 Å². The number of alkyl carbamates (subject to hydrolysis) is 1. The van der Waals surface area contributed by atoms with Gasteiger partial charge >= 0.3 is 6.09 Å². The molecule has 234 valence electrons. The van der Waals surface area contributed by atoms with Crippen molar-refractivity contribution < 1.29 is 28.3 Å². The van der Waals surface area contributed by atoms with Crippen LogP contribution in [0.3, 0.4) is 0 Å². The number of hydrogen-bond donors (Lipinski definition) is 3. The maximum Gasteiger partial charge on any atom is 0.408 e. The van der Waals surface area contributed by atoms with E-state index in [1.807, 2.05) is 7.05 Å². The van der Waals surface area contributed by atoms with Crippen LogP contribution in [0.25, 0.3) is 0 Å². The van der Waals surface area contributed by atoms with E-state index in [9.17, 15) is 19.2 Å². The second-order valence-electron chi connectivity index (χ2n) is 12.8. The summed E-state index contributed by atoms with van der Waals surface area (Å²) in [6, 6.07) is 2.67. The molecule has 0 unspecified atom stereocenters. The van der Waals surface area contributed by atoms with Crippen LogP contribution in [-0.4, -0.2) is 84.5 Å². The summed E-state index contributed by atoms with van der Waals surface area (Å²) >= 11 is 0. The van der Waals surface area contributed by atoms with Crippen LogP contribution < -0.4 is 16.0 Å². The van der Waals surface area contributed by atoms with E-state index in [4.69, 9.17) is 4.74 Å². The van der Waals surface area contributed by atoms with Crippen LogP contribution in [0, 0.1) is 17.7 Å². The van der Waals surface area contributed by atoms with Gasteiger partial charge in [0.25, 0.3) is 0 Å². The molecular formula is C31H48FN5O5. The van der Waals surface area contributed by atoms with E-state index in [1.54, 1.807) is 38.7 Å². The summed E-state index contributed by atoms with van der Waals surface area (Å²) in [5, 5.41) is 8.17. The lowest BCUT2D eigenvalue weighted by molar-refractivity contribution is -0.137. The van der Waals surface area contributed by atoms with Crippen molar-refractivity contribution in [3.05, 3.63) is 29.6 Å². The number of benzene rings is 1. The lowest BCUT2D eigenvalue weighted by Crippen LogP contribution is -2.54. The van der Waals surface area contributed by atoms with Crippen LogP contribution >= 0.6 is 0 Å². The molecular weight excluding hydrogens is 541 g/mol. The van der Waals surface area contributed by atoms with Gasteiger partial charge in [0.05, 0.1) is 5.69 Å². The molecule has 1 aromatic carbocycles. The van der Waals surface area contributed by atoms with E-state index in [-0.39, 0.29) is 36.3 Å². The minimum absolute atomic E-state index is 0.0246. The summed E-state index contributed by atoms with van der Waals surface area (Å²) in [5.74, 6) is -1.18. The third kappa shape index (κ3) is 9.96. The minimum atomic E-state index is -0.874. The first kappa shape index (κ1) is 33.3. The van der Waals surface area contributed by atoms with Crippen molar-refractivity contribution in [1.82, 2.24) is 20.4 Å². The number of nitrogens with zero attached hydrogens (tertiary/aromatic N) is 2. The Balaban J connectivity index is 1.73. The number of amides is 4. The van der Waals surface area contributed by atoms with Gasteiger partial charge in [-0.25, -0.2) is 9.18 Å². The zero-order valence-electron chi connectivity index (χ0n) is 25.9. The zero-order valence-corrected chi connectivity index (χ0v) is 25.9. The number of anilines is 1. The number of nitrogens with one attached hydrogen (secondary N) is 3. The molecule has 42 heavy (non-hydrogen) atoms. The molecule has 4 amide bonds. The molecule has 0 bridgehead atoms. The third-order valence-electron chi connectivity index (χ3n) is 7.99. The Hall–Kier alpha value is -3.21. The SMILES string of the molecule is CCC(=O)N[C@H](Cc1ccc(NC(=O)[C@@H](NC(=O)OC(C)(C)C)C2CCC(C)CC2)c(F)c1)C(=O)N1CCN(C)CC1. The van der Waals surface area contributed by atoms with Crippen molar-refractivity contribution in [1.29, 1.82) is 0 Å². The number of likely N-dealkylation sites (N-methyl/N-ethyl adjacent to an activating group) is 1. The molecule has 3 rings (SSSR count). The Morgan fingerprint density at radius 3 is 2.24 bits per heavy atom. The molecule has 2 fully saturated rings. The lowest BCUT2D eigenvalue weighted by atomic mass is 9.79. The molecule has 2 aliphatic rings. The van der Waals surface area contributed by atoms with Gasteiger partial charge in [0.15, 0.2) is 0 Å². The topological polar surface area (TPSA) is 120 Å². The molecule has 0 spiro atoms. The van der Waals surface area contributed by atoms with Crippen LogP contribution in [0.1, 0.15) is 72.3 Å². The average Bonchev–Trinajstić information content (AvgIpc) is 2.92. The van der Waals surface area contributed by atoms with Crippen molar-refractivity contribution in [3.63, 3.8) is 0 Å². The molecule has 3 N–H and O–H groups in total. The van der Waals surface area contributed by atoms with Crippen LogP contribution in [0.5, 0.6) is 0 Å². The van der Waals surface area contributed by atoms with E-state index in [0.717, 1.165) is 38.8 Å². The van der Waals surface area contributed by atoms with Crippen LogP contribution in [-0.2, 0) is 25.5 Å². The fourth-order valence-corrected chi connectivity index (χ4v) is 5.43. The predicted octanol–water partition coefficient (Wildman–Crippen LogP) is 3.70. The maximum atomic E-state index is 15.3. The van der Waals surface area contributed by atoms with Crippen molar-refractivity contribution in [3.8, 4) is 0 Å². The van der Waals surface area contributed by atoms with Gasteiger partial charge in [0, 0.05) is 39.0 Å². The Kier molecular flexibility index (Phi) is 11.7.